The summed E-state index contributed by atoms with van der Waals surface area (Å²) in [5, 5.41) is 3.05. The third-order valence-corrected chi connectivity index (χ3v) is 2.25. The van der Waals surface area contributed by atoms with Crippen molar-refractivity contribution in [3.63, 3.8) is 0 Å². The minimum absolute atomic E-state index is 0.733. The predicted octanol–water partition coefficient (Wildman–Crippen LogP) is 2.40. The standard InChI is InChI=1S/C11H13N3O/c1-7-10(9-5-4-6-15-9)13-8(2)14-11(7)12-3/h4-6H,1-3H3,(H,12,13,14). The number of nitrogens with zero attached hydrogens (tertiary/aromatic N) is 2. The molecule has 4 nitrogen and oxygen atoms in total. The number of anilines is 1. The summed E-state index contributed by atoms with van der Waals surface area (Å²) in [5.41, 5.74) is 1.84. The number of hydrogen-bond acceptors (Lipinski definition) is 4. The monoisotopic (exact) mass is 203 g/mol. The molecule has 0 spiro atoms. The van der Waals surface area contributed by atoms with Crippen LogP contribution in [0.3, 0.4) is 0 Å². The molecule has 15 heavy (non-hydrogen) atoms. The predicted molar refractivity (Wildman–Crippen MR) is 58.8 cm³/mol. The normalized spacial score (nSPS) is 10.3. The van der Waals surface area contributed by atoms with E-state index in [1.165, 1.54) is 0 Å². The molecule has 0 saturated carbocycles. The Hall–Kier alpha value is -1.84. The summed E-state index contributed by atoms with van der Waals surface area (Å²) in [4.78, 5) is 8.68. The average Bonchev–Trinajstić information content (AvgIpc) is 2.74. The number of nitrogens with one attached hydrogen (secondary N) is 1. The minimum atomic E-state index is 0.733. The lowest BCUT2D eigenvalue weighted by molar-refractivity contribution is 0.579. The highest BCUT2D eigenvalue weighted by atomic mass is 16.3. The lowest BCUT2D eigenvalue weighted by atomic mass is 10.2. The van der Waals surface area contributed by atoms with Crippen molar-refractivity contribution < 1.29 is 4.42 Å². The number of furan rings is 1. The van der Waals surface area contributed by atoms with Gasteiger partial charge in [0.2, 0.25) is 0 Å². The Balaban J connectivity index is 2.61. The van der Waals surface area contributed by atoms with Gasteiger partial charge in [0, 0.05) is 12.6 Å². The van der Waals surface area contributed by atoms with Gasteiger partial charge in [-0.1, -0.05) is 0 Å². The second-order valence-electron chi connectivity index (χ2n) is 3.32. The summed E-state index contributed by atoms with van der Waals surface area (Å²) in [7, 11) is 1.85. The van der Waals surface area contributed by atoms with Crippen molar-refractivity contribution in [2.75, 3.05) is 12.4 Å². The lowest BCUT2D eigenvalue weighted by Crippen LogP contribution is -2.02. The van der Waals surface area contributed by atoms with Crippen LogP contribution in [-0.2, 0) is 0 Å². The number of aromatic nitrogens is 2. The third-order valence-electron chi connectivity index (χ3n) is 2.25. The van der Waals surface area contributed by atoms with Crippen LogP contribution in [0.15, 0.2) is 22.8 Å². The second-order valence-corrected chi connectivity index (χ2v) is 3.32. The van der Waals surface area contributed by atoms with Crippen LogP contribution in [0.25, 0.3) is 11.5 Å². The van der Waals surface area contributed by atoms with Crippen LogP contribution in [0.5, 0.6) is 0 Å². The molecule has 0 radical (unpaired) electrons. The summed E-state index contributed by atoms with van der Waals surface area (Å²) in [6.07, 6.45) is 1.64. The van der Waals surface area contributed by atoms with Gasteiger partial charge in [-0.3, -0.25) is 0 Å². The molecule has 0 unspecified atom stereocenters. The first-order valence-electron chi connectivity index (χ1n) is 4.79. The van der Waals surface area contributed by atoms with Gasteiger partial charge in [-0.2, -0.15) is 0 Å². The highest BCUT2D eigenvalue weighted by Gasteiger charge is 2.11. The Labute approximate surface area is 88.4 Å². The van der Waals surface area contributed by atoms with E-state index < -0.39 is 0 Å². The number of rotatable bonds is 2. The van der Waals surface area contributed by atoms with E-state index in [9.17, 15) is 0 Å². The molecule has 2 aromatic rings. The molecule has 0 bridgehead atoms. The molecular weight excluding hydrogens is 190 g/mol. The smallest absolute Gasteiger partial charge is 0.152 e. The average molecular weight is 203 g/mol. The highest BCUT2D eigenvalue weighted by Crippen LogP contribution is 2.25. The van der Waals surface area contributed by atoms with Crippen molar-refractivity contribution in [3.8, 4) is 11.5 Å². The molecule has 0 atom stereocenters. The molecule has 0 amide bonds. The summed E-state index contributed by atoms with van der Waals surface area (Å²) < 4.78 is 5.34. The third kappa shape index (κ3) is 1.70. The zero-order valence-electron chi connectivity index (χ0n) is 9.03. The molecule has 0 fully saturated rings. The second kappa shape index (κ2) is 3.73. The van der Waals surface area contributed by atoms with Gasteiger partial charge >= 0.3 is 0 Å². The fraction of sp³-hybridized carbons (Fsp3) is 0.273. The molecule has 2 aromatic heterocycles. The van der Waals surface area contributed by atoms with Crippen LogP contribution in [0.4, 0.5) is 5.82 Å². The molecule has 2 rings (SSSR count). The maximum absolute atomic E-state index is 5.34. The van der Waals surface area contributed by atoms with Crippen molar-refractivity contribution >= 4 is 5.82 Å². The molecule has 0 aliphatic carbocycles. The molecule has 2 heterocycles. The fourth-order valence-corrected chi connectivity index (χ4v) is 1.53. The van der Waals surface area contributed by atoms with Crippen molar-refractivity contribution in [2.45, 2.75) is 13.8 Å². The van der Waals surface area contributed by atoms with Gasteiger partial charge < -0.3 is 9.73 Å². The van der Waals surface area contributed by atoms with Gasteiger partial charge in [-0.05, 0) is 26.0 Å². The zero-order chi connectivity index (χ0) is 10.8. The molecule has 0 aromatic carbocycles. The van der Waals surface area contributed by atoms with Crippen molar-refractivity contribution in [1.29, 1.82) is 0 Å². The molecule has 0 aliphatic heterocycles. The zero-order valence-corrected chi connectivity index (χ0v) is 9.03. The Morgan fingerprint density at radius 3 is 2.67 bits per heavy atom. The van der Waals surface area contributed by atoms with E-state index in [1.807, 2.05) is 33.0 Å². The van der Waals surface area contributed by atoms with E-state index in [0.717, 1.165) is 28.7 Å². The van der Waals surface area contributed by atoms with Gasteiger partial charge in [0.05, 0.1) is 6.26 Å². The van der Waals surface area contributed by atoms with E-state index in [4.69, 9.17) is 4.42 Å². The van der Waals surface area contributed by atoms with Gasteiger partial charge in [-0.15, -0.1) is 0 Å². The first-order valence-corrected chi connectivity index (χ1v) is 4.79. The maximum atomic E-state index is 5.34. The van der Waals surface area contributed by atoms with Crippen LogP contribution in [0, 0.1) is 13.8 Å². The topological polar surface area (TPSA) is 51.0 Å². The summed E-state index contributed by atoms with van der Waals surface area (Å²) in [6, 6.07) is 3.75. The van der Waals surface area contributed by atoms with Crippen LogP contribution in [-0.4, -0.2) is 17.0 Å². The SMILES string of the molecule is CNc1nc(C)nc(-c2ccco2)c1C. The molecular formula is C11H13N3O. The summed E-state index contributed by atoms with van der Waals surface area (Å²) in [6.45, 7) is 3.84. The van der Waals surface area contributed by atoms with E-state index in [0.29, 0.717) is 0 Å². The highest BCUT2D eigenvalue weighted by molar-refractivity contribution is 5.63. The Morgan fingerprint density at radius 1 is 1.27 bits per heavy atom. The Morgan fingerprint density at radius 2 is 2.07 bits per heavy atom. The lowest BCUT2D eigenvalue weighted by Gasteiger charge is -2.08. The van der Waals surface area contributed by atoms with E-state index in [1.54, 1.807) is 6.26 Å². The summed E-state index contributed by atoms with van der Waals surface area (Å²) in [5.74, 6) is 2.35. The van der Waals surface area contributed by atoms with E-state index in [-0.39, 0.29) is 0 Å². The van der Waals surface area contributed by atoms with Gasteiger partial charge in [0.1, 0.15) is 17.3 Å². The van der Waals surface area contributed by atoms with Crippen LogP contribution in [0.2, 0.25) is 0 Å². The van der Waals surface area contributed by atoms with Crippen LogP contribution in [0.1, 0.15) is 11.4 Å². The van der Waals surface area contributed by atoms with Crippen LogP contribution < -0.4 is 5.32 Å². The maximum Gasteiger partial charge on any atom is 0.152 e. The molecule has 0 saturated heterocycles. The molecule has 1 N–H and O–H groups in total. The van der Waals surface area contributed by atoms with Gasteiger partial charge in [0.15, 0.2) is 5.76 Å². The first kappa shape index (κ1) is 9.71. The Kier molecular flexibility index (Phi) is 2.41. The molecule has 78 valence electrons. The fourth-order valence-electron chi connectivity index (χ4n) is 1.53. The minimum Gasteiger partial charge on any atom is -0.463 e. The largest absolute Gasteiger partial charge is 0.463 e. The van der Waals surface area contributed by atoms with Crippen molar-refractivity contribution in [2.24, 2.45) is 0 Å². The molecule has 0 aliphatic rings. The van der Waals surface area contributed by atoms with E-state index in [2.05, 4.69) is 15.3 Å². The number of hydrogen-bond donors (Lipinski definition) is 1. The number of aryl methyl sites for hydroxylation is 1. The molecule has 4 heteroatoms. The van der Waals surface area contributed by atoms with Gasteiger partial charge in [0.25, 0.3) is 0 Å². The Bertz CT molecular complexity index is 463. The first-order chi connectivity index (χ1) is 7.22. The van der Waals surface area contributed by atoms with Crippen molar-refractivity contribution in [3.05, 3.63) is 29.8 Å². The summed E-state index contributed by atoms with van der Waals surface area (Å²) >= 11 is 0. The van der Waals surface area contributed by atoms with Crippen molar-refractivity contribution in [1.82, 2.24) is 9.97 Å². The quantitative estimate of drug-likeness (QED) is 0.814. The van der Waals surface area contributed by atoms with E-state index >= 15 is 0 Å². The van der Waals surface area contributed by atoms with Crippen LogP contribution >= 0.6 is 0 Å². The van der Waals surface area contributed by atoms with Gasteiger partial charge in [-0.25, -0.2) is 9.97 Å².